The first kappa shape index (κ1) is 22.5. The summed E-state index contributed by atoms with van der Waals surface area (Å²) in [6.45, 7) is 0.239. The third-order valence-electron chi connectivity index (χ3n) is 4.21. The van der Waals surface area contributed by atoms with Crippen molar-refractivity contribution in [2.75, 3.05) is 18.2 Å². The Morgan fingerprint density at radius 1 is 1.27 bits per heavy atom. The number of carboxylic acid groups (broad SMARTS) is 1. The van der Waals surface area contributed by atoms with Gasteiger partial charge in [0, 0.05) is 11.8 Å². The van der Waals surface area contributed by atoms with Crippen molar-refractivity contribution in [3.8, 4) is 6.07 Å². The Kier molecular flexibility index (Phi) is 9.18. The van der Waals surface area contributed by atoms with Gasteiger partial charge in [0.05, 0.1) is 18.5 Å². The van der Waals surface area contributed by atoms with E-state index in [9.17, 15) is 18.0 Å². The van der Waals surface area contributed by atoms with Gasteiger partial charge in [-0.1, -0.05) is 25.7 Å². The molecular formula is C15H23F3N4O3S. The zero-order chi connectivity index (χ0) is 19.7. The van der Waals surface area contributed by atoms with Crippen LogP contribution in [0.1, 0.15) is 38.5 Å². The van der Waals surface area contributed by atoms with Gasteiger partial charge in [-0.25, -0.2) is 9.80 Å². The summed E-state index contributed by atoms with van der Waals surface area (Å²) in [6.07, 6.45) is 2.04. The third-order valence-corrected chi connectivity index (χ3v) is 5.22. The summed E-state index contributed by atoms with van der Waals surface area (Å²) in [7, 11) is 0. The molecule has 2 fully saturated rings. The van der Waals surface area contributed by atoms with Gasteiger partial charge in [0.25, 0.3) is 0 Å². The van der Waals surface area contributed by atoms with Crippen molar-refractivity contribution in [2.24, 2.45) is 5.84 Å². The molecule has 1 unspecified atom stereocenters. The number of hydrogen-bond donors (Lipinski definition) is 2. The fraction of sp³-hybridized carbons (Fsp3) is 0.800. The highest BCUT2D eigenvalue weighted by atomic mass is 32.2. The second-order valence-corrected chi connectivity index (χ2v) is 7.13. The number of thioether (sulfide) groups is 1. The maximum atomic E-state index is 12.2. The minimum absolute atomic E-state index is 0.0108. The number of halogens is 3. The molecule has 26 heavy (non-hydrogen) atoms. The van der Waals surface area contributed by atoms with Crippen molar-refractivity contribution < 1.29 is 27.9 Å². The number of carbonyl (C=O) groups excluding carboxylic acids is 1. The van der Waals surface area contributed by atoms with E-state index >= 15 is 0 Å². The molecule has 0 aromatic heterocycles. The van der Waals surface area contributed by atoms with Crippen LogP contribution in [0, 0.1) is 11.3 Å². The van der Waals surface area contributed by atoms with E-state index in [0.717, 1.165) is 18.6 Å². The molecular weight excluding hydrogens is 373 g/mol. The van der Waals surface area contributed by atoms with Gasteiger partial charge in [-0.2, -0.15) is 18.4 Å². The minimum Gasteiger partial charge on any atom is -0.475 e. The van der Waals surface area contributed by atoms with E-state index in [0.29, 0.717) is 11.9 Å². The predicted molar refractivity (Wildman–Crippen MR) is 89.6 cm³/mol. The van der Waals surface area contributed by atoms with Crippen LogP contribution in [0.2, 0.25) is 0 Å². The molecule has 11 heteroatoms. The lowest BCUT2D eigenvalue weighted by Crippen LogP contribution is -2.49. The van der Waals surface area contributed by atoms with Gasteiger partial charge in [0.2, 0.25) is 5.91 Å². The number of nitriles is 1. The van der Waals surface area contributed by atoms with Gasteiger partial charge in [0.15, 0.2) is 0 Å². The first-order chi connectivity index (χ1) is 12.2. The number of aliphatic carboxylic acids is 1. The lowest BCUT2D eigenvalue weighted by atomic mass is 10.1. The van der Waals surface area contributed by atoms with E-state index in [2.05, 4.69) is 6.07 Å². The fourth-order valence-electron chi connectivity index (χ4n) is 2.76. The Hall–Kier alpha value is -1.51. The molecule has 1 aliphatic carbocycles. The lowest BCUT2D eigenvalue weighted by Gasteiger charge is -2.28. The van der Waals surface area contributed by atoms with Gasteiger partial charge in [-0.15, -0.1) is 11.8 Å². The standard InChI is InChI=1S/C13H22N4OS.C2HF3O2/c14-7-12-9-19-10-16(12)13(18)8-17(15)11-5-3-1-2-4-6-11;3-2(4,5)1(6)7/h11-12H,1-6,8-10,15H2;(H,6,7). The van der Waals surface area contributed by atoms with E-state index < -0.39 is 12.1 Å². The first-order valence-electron chi connectivity index (χ1n) is 8.25. The van der Waals surface area contributed by atoms with Crippen LogP contribution in [0.25, 0.3) is 0 Å². The summed E-state index contributed by atoms with van der Waals surface area (Å²) in [5.74, 6) is 4.64. The van der Waals surface area contributed by atoms with E-state index in [4.69, 9.17) is 21.0 Å². The maximum absolute atomic E-state index is 12.2. The summed E-state index contributed by atoms with van der Waals surface area (Å²) in [6, 6.07) is 2.23. The van der Waals surface area contributed by atoms with Crippen LogP contribution in [0.15, 0.2) is 0 Å². The van der Waals surface area contributed by atoms with Gasteiger partial charge in [-0.3, -0.25) is 10.6 Å². The second kappa shape index (κ2) is 10.6. The summed E-state index contributed by atoms with van der Waals surface area (Å²) >= 11 is 1.63. The highest BCUT2D eigenvalue weighted by Crippen LogP contribution is 2.22. The molecule has 2 rings (SSSR count). The molecule has 3 N–H and O–H groups in total. The number of nitrogens with zero attached hydrogens (tertiary/aromatic N) is 3. The molecule has 148 valence electrons. The number of amides is 1. The summed E-state index contributed by atoms with van der Waals surface area (Å²) in [5, 5.41) is 17.8. The number of carbonyl (C=O) groups is 2. The molecule has 0 aromatic rings. The summed E-state index contributed by atoms with van der Waals surface area (Å²) in [4.78, 5) is 22.7. The molecule has 1 amide bonds. The van der Waals surface area contributed by atoms with Gasteiger partial charge in [-0.05, 0) is 12.8 Å². The van der Waals surface area contributed by atoms with Crippen molar-refractivity contribution in [3.63, 3.8) is 0 Å². The van der Waals surface area contributed by atoms with E-state index in [1.165, 1.54) is 25.7 Å². The summed E-state index contributed by atoms with van der Waals surface area (Å²) in [5.41, 5.74) is 0. The zero-order valence-electron chi connectivity index (χ0n) is 14.2. The van der Waals surface area contributed by atoms with Crippen molar-refractivity contribution in [1.82, 2.24) is 9.91 Å². The Morgan fingerprint density at radius 2 is 1.81 bits per heavy atom. The Labute approximate surface area is 154 Å². The van der Waals surface area contributed by atoms with Crippen LogP contribution in [-0.4, -0.2) is 63.3 Å². The van der Waals surface area contributed by atoms with E-state index in [1.807, 2.05) is 0 Å². The number of nitrogens with two attached hydrogens (primary N) is 1. The average molecular weight is 396 g/mol. The normalized spacial score (nSPS) is 21.5. The molecule has 1 atom stereocenters. The smallest absolute Gasteiger partial charge is 0.475 e. The Bertz CT molecular complexity index is 519. The molecule has 0 spiro atoms. The zero-order valence-corrected chi connectivity index (χ0v) is 15.1. The molecule has 1 saturated carbocycles. The number of alkyl halides is 3. The predicted octanol–water partition coefficient (Wildman–Crippen LogP) is 1.94. The Morgan fingerprint density at radius 3 is 2.27 bits per heavy atom. The summed E-state index contributed by atoms with van der Waals surface area (Å²) < 4.78 is 31.7. The van der Waals surface area contributed by atoms with Gasteiger partial charge >= 0.3 is 12.1 Å². The second-order valence-electron chi connectivity index (χ2n) is 6.13. The van der Waals surface area contributed by atoms with Crippen molar-refractivity contribution in [1.29, 1.82) is 5.26 Å². The number of rotatable bonds is 3. The minimum atomic E-state index is -5.08. The molecule has 2 aliphatic rings. The monoisotopic (exact) mass is 396 g/mol. The van der Waals surface area contributed by atoms with Gasteiger partial charge < -0.3 is 10.0 Å². The van der Waals surface area contributed by atoms with Crippen LogP contribution in [0.4, 0.5) is 13.2 Å². The largest absolute Gasteiger partial charge is 0.490 e. The quantitative estimate of drug-likeness (QED) is 0.426. The third kappa shape index (κ3) is 7.39. The van der Waals surface area contributed by atoms with Crippen LogP contribution in [0.5, 0.6) is 0 Å². The van der Waals surface area contributed by atoms with Gasteiger partial charge in [0.1, 0.15) is 6.04 Å². The Balaban J connectivity index is 0.000000412. The van der Waals surface area contributed by atoms with Crippen LogP contribution in [0.3, 0.4) is 0 Å². The lowest BCUT2D eigenvalue weighted by molar-refractivity contribution is -0.192. The fourth-order valence-corrected chi connectivity index (χ4v) is 3.86. The first-order valence-corrected chi connectivity index (χ1v) is 9.40. The van der Waals surface area contributed by atoms with Crippen LogP contribution >= 0.6 is 11.8 Å². The van der Waals surface area contributed by atoms with Crippen LogP contribution in [-0.2, 0) is 9.59 Å². The molecule has 1 aliphatic heterocycles. The number of hydrogen-bond acceptors (Lipinski definition) is 6. The average Bonchev–Trinajstić information content (AvgIpc) is 2.88. The molecule has 0 bridgehead atoms. The molecule has 7 nitrogen and oxygen atoms in total. The SMILES string of the molecule is N#CC1CSCN1C(=O)CN(N)C1CCCCCC1.O=C(O)C(F)(F)F. The topological polar surface area (TPSA) is 111 Å². The molecule has 0 aromatic carbocycles. The molecule has 1 saturated heterocycles. The van der Waals surface area contributed by atoms with E-state index in [1.54, 1.807) is 21.7 Å². The van der Waals surface area contributed by atoms with Crippen LogP contribution < -0.4 is 5.84 Å². The van der Waals surface area contributed by atoms with E-state index in [-0.39, 0.29) is 18.5 Å². The van der Waals surface area contributed by atoms with Crippen molar-refractivity contribution in [2.45, 2.75) is 56.8 Å². The molecule has 1 heterocycles. The molecule has 0 radical (unpaired) electrons. The number of carboxylic acids is 1. The maximum Gasteiger partial charge on any atom is 0.490 e. The highest BCUT2D eigenvalue weighted by molar-refractivity contribution is 7.99. The highest BCUT2D eigenvalue weighted by Gasteiger charge is 2.38. The van der Waals surface area contributed by atoms with Crippen molar-refractivity contribution in [3.05, 3.63) is 0 Å². The van der Waals surface area contributed by atoms with Crippen molar-refractivity contribution >= 4 is 23.6 Å². The number of hydrazine groups is 1.